The fourth-order valence-electron chi connectivity index (χ4n) is 3.38. The second-order valence-electron chi connectivity index (χ2n) is 8.85. The Morgan fingerprint density at radius 1 is 1.22 bits per heavy atom. The SMILES string of the molecule is Cc1cc(Cn2nc(NCCN(C)C)c3ccc(S(=O)(=O)NC4(C)CC4)cc3c2=O)on1. The van der Waals surface area contributed by atoms with Crippen molar-refractivity contribution in [3.8, 4) is 0 Å². The number of aryl methyl sites for hydroxylation is 1. The lowest BCUT2D eigenvalue weighted by Crippen LogP contribution is -2.34. The van der Waals surface area contributed by atoms with Gasteiger partial charge in [-0.1, -0.05) is 5.16 Å². The summed E-state index contributed by atoms with van der Waals surface area (Å²) in [5, 5.41) is 12.4. The van der Waals surface area contributed by atoms with Crippen LogP contribution in [0.1, 0.15) is 31.2 Å². The van der Waals surface area contributed by atoms with Crippen molar-refractivity contribution < 1.29 is 12.9 Å². The van der Waals surface area contributed by atoms with E-state index < -0.39 is 21.1 Å². The van der Waals surface area contributed by atoms with Gasteiger partial charge < -0.3 is 14.7 Å². The summed E-state index contributed by atoms with van der Waals surface area (Å²) < 4.78 is 35.0. The van der Waals surface area contributed by atoms with Crippen molar-refractivity contribution in [3.63, 3.8) is 0 Å². The van der Waals surface area contributed by atoms with Crippen LogP contribution in [0.25, 0.3) is 10.8 Å². The van der Waals surface area contributed by atoms with Gasteiger partial charge in [0.05, 0.1) is 16.0 Å². The van der Waals surface area contributed by atoms with Gasteiger partial charge in [0, 0.05) is 30.1 Å². The van der Waals surface area contributed by atoms with Crippen molar-refractivity contribution >= 4 is 26.6 Å². The summed E-state index contributed by atoms with van der Waals surface area (Å²) in [7, 11) is 0.179. The average Bonchev–Trinajstić information content (AvgIpc) is 3.29. The van der Waals surface area contributed by atoms with Crippen LogP contribution in [-0.4, -0.2) is 61.0 Å². The number of nitrogens with one attached hydrogen (secondary N) is 2. The Labute approximate surface area is 186 Å². The number of fused-ring (bicyclic) bond motifs is 1. The molecule has 0 bridgehead atoms. The first-order chi connectivity index (χ1) is 15.1. The molecule has 0 atom stereocenters. The summed E-state index contributed by atoms with van der Waals surface area (Å²) in [6, 6.07) is 6.30. The number of rotatable bonds is 9. The first-order valence-electron chi connectivity index (χ1n) is 10.5. The van der Waals surface area contributed by atoms with E-state index in [4.69, 9.17) is 4.52 Å². The second kappa shape index (κ2) is 8.30. The largest absolute Gasteiger partial charge is 0.367 e. The molecule has 32 heavy (non-hydrogen) atoms. The maximum absolute atomic E-state index is 13.2. The summed E-state index contributed by atoms with van der Waals surface area (Å²) in [6.45, 7) is 5.12. The molecule has 1 aliphatic rings. The highest BCUT2D eigenvalue weighted by Crippen LogP contribution is 2.36. The number of aromatic nitrogens is 3. The first-order valence-corrected chi connectivity index (χ1v) is 11.9. The van der Waals surface area contributed by atoms with Gasteiger partial charge in [-0.2, -0.15) is 5.10 Å². The number of anilines is 1. The number of sulfonamides is 1. The molecule has 0 amide bonds. The van der Waals surface area contributed by atoms with Crippen LogP contribution in [0.15, 0.2) is 38.5 Å². The highest BCUT2D eigenvalue weighted by molar-refractivity contribution is 7.89. The number of likely N-dealkylation sites (N-methyl/N-ethyl adjacent to an activating group) is 1. The fraction of sp³-hybridized carbons (Fsp3) is 0.476. The predicted octanol–water partition coefficient (Wildman–Crippen LogP) is 1.55. The Morgan fingerprint density at radius 3 is 2.59 bits per heavy atom. The Morgan fingerprint density at radius 2 is 1.97 bits per heavy atom. The molecule has 172 valence electrons. The monoisotopic (exact) mass is 460 g/mol. The molecule has 2 heterocycles. The molecule has 4 rings (SSSR count). The second-order valence-corrected chi connectivity index (χ2v) is 10.5. The van der Waals surface area contributed by atoms with E-state index in [-0.39, 0.29) is 16.8 Å². The molecule has 2 aromatic heterocycles. The van der Waals surface area contributed by atoms with Gasteiger partial charge >= 0.3 is 0 Å². The van der Waals surface area contributed by atoms with Crippen LogP contribution in [0, 0.1) is 6.92 Å². The van der Waals surface area contributed by atoms with E-state index in [9.17, 15) is 13.2 Å². The lowest BCUT2D eigenvalue weighted by Gasteiger charge is -2.16. The van der Waals surface area contributed by atoms with Gasteiger partial charge in [0.25, 0.3) is 5.56 Å². The van der Waals surface area contributed by atoms with Crippen molar-refractivity contribution in [1.29, 1.82) is 0 Å². The highest BCUT2D eigenvalue weighted by atomic mass is 32.2. The Kier molecular flexibility index (Phi) is 5.82. The van der Waals surface area contributed by atoms with Gasteiger partial charge in [-0.3, -0.25) is 4.79 Å². The quantitative estimate of drug-likeness (QED) is 0.493. The topological polar surface area (TPSA) is 122 Å². The van der Waals surface area contributed by atoms with E-state index in [1.807, 2.05) is 25.9 Å². The predicted molar refractivity (Wildman–Crippen MR) is 121 cm³/mol. The van der Waals surface area contributed by atoms with E-state index in [1.54, 1.807) is 19.1 Å². The zero-order chi connectivity index (χ0) is 23.1. The molecule has 11 heteroatoms. The van der Waals surface area contributed by atoms with Gasteiger partial charge in [-0.05, 0) is 59.0 Å². The van der Waals surface area contributed by atoms with Crippen LogP contribution in [0.5, 0.6) is 0 Å². The van der Waals surface area contributed by atoms with Gasteiger partial charge in [-0.25, -0.2) is 17.8 Å². The fourth-order valence-corrected chi connectivity index (χ4v) is 4.87. The highest BCUT2D eigenvalue weighted by Gasteiger charge is 2.41. The van der Waals surface area contributed by atoms with Crippen LogP contribution in [0.2, 0.25) is 0 Å². The number of hydrogen-bond acceptors (Lipinski definition) is 8. The molecule has 0 aliphatic heterocycles. The van der Waals surface area contributed by atoms with E-state index in [0.29, 0.717) is 29.2 Å². The Balaban J connectivity index is 1.78. The maximum Gasteiger partial charge on any atom is 0.275 e. The van der Waals surface area contributed by atoms with Crippen molar-refractivity contribution in [1.82, 2.24) is 24.6 Å². The van der Waals surface area contributed by atoms with Gasteiger partial charge in [-0.15, -0.1) is 0 Å². The van der Waals surface area contributed by atoms with Crippen molar-refractivity contribution in [3.05, 3.63) is 46.1 Å². The summed E-state index contributed by atoms with van der Waals surface area (Å²) in [4.78, 5) is 15.3. The minimum absolute atomic E-state index is 0.0581. The third kappa shape index (κ3) is 4.84. The molecule has 2 N–H and O–H groups in total. The van der Waals surface area contributed by atoms with Crippen molar-refractivity contribution in [2.24, 2.45) is 0 Å². The van der Waals surface area contributed by atoms with Gasteiger partial charge in [0.2, 0.25) is 10.0 Å². The van der Waals surface area contributed by atoms with Gasteiger partial charge in [0.15, 0.2) is 11.6 Å². The zero-order valence-corrected chi connectivity index (χ0v) is 19.5. The molecule has 1 fully saturated rings. The van der Waals surface area contributed by atoms with Gasteiger partial charge in [0.1, 0.15) is 6.54 Å². The Bertz CT molecular complexity index is 1310. The van der Waals surface area contributed by atoms with E-state index in [1.165, 1.54) is 16.8 Å². The molecule has 0 saturated heterocycles. The number of nitrogens with zero attached hydrogens (tertiary/aromatic N) is 4. The summed E-state index contributed by atoms with van der Waals surface area (Å²) >= 11 is 0. The lowest BCUT2D eigenvalue weighted by molar-refractivity contribution is 0.366. The van der Waals surface area contributed by atoms with E-state index in [2.05, 4.69) is 20.3 Å². The van der Waals surface area contributed by atoms with Crippen LogP contribution >= 0.6 is 0 Å². The number of hydrogen-bond donors (Lipinski definition) is 2. The minimum atomic E-state index is -3.75. The normalized spacial score (nSPS) is 15.4. The smallest absolute Gasteiger partial charge is 0.275 e. The molecule has 0 spiro atoms. The Hall–Kier alpha value is -2.76. The summed E-state index contributed by atoms with van der Waals surface area (Å²) in [5.74, 6) is 0.992. The van der Waals surface area contributed by atoms with Crippen LogP contribution in [0.4, 0.5) is 5.82 Å². The van der Waals surface area contributed by atoms with Crippen LogP contribution in [0.3, 0.4) is 0 Å². The van der Waals surface area contributed by atoms with E-state index in [0.717, 1.165) is 19.4 Å². The molecule has 1 aromatic carbocycles. The first kappa shape index (κ1) is 22.4. The molecular weight excluding hydrogens is 432 g/mol. The number of benzene rings is 1. The average molecular weight is 461 g/mol. The molecule has 1 aliphatic carbocycles. The van der Waals surface area contributed by atoms with E-state index >= 15 is 0 Å². The van der Waals surface area contributed by atoms with Crippen LogP contribution < -0.4 is 15.6 Å². The third-order valence-corrected chi connectivity index (χ3v) is 7.09. The van der Waals surface area contributed by atoms with Crippen molar-refractivity contribution in [2.75, 3.05) is 32.5 Å². The maximum atomic E-state index is 13.2. The zero-order valence-electron chi connectivity index (χ0n) is 18.7. The molecule has 10 nitrogen and oxygen atoms in total. The molecule has 0 radical (unpaired) electrons. The lowest BCUT2D eigenvalue weighted by atomic mass is 10.2. The third-order valence-electron chi connectivity index (χ3n) is 5.46. The standard InChI is InChI=1S/C21H28N6O4S/c1-14-11-15(31-24-14)13-27-20(28)18-12-16(32(29,30)25-21(2)7-8-21)5-6-17(18)19(23-27)22-9-10-26(3)4/h5-6,11-12,25H,7-10,13H2,1-4H3,(H,22,23). The summed E-state index contributed by atoms with van der Waals surface area (Å²) in [5.41, 5.74) is -0.108. The minimum Gasteiger partial charge on any atom is -0.367 e. The van der Waals surface area contributed by atoms with Crippen molar-refractivity contribution in [2.45, 2.75) is 43.7 Å². The molecule has 1 saturated carbocycles. The van der Waals surface area contributed by atoms with Crippen LogP contribution in [-0.2, 0) is 16.6 Å². The summed E-state index contributed by atoms with van der Waals surface area (Å²) in [6.07, 6.45) is 1.60. The molecule has 3 aromatic rings. The molecule has 0 unspecified atom stereocenters. The molecular formula is C21H28N6O4S.